The van der Waals surface area contributed by atoms with Crippen LogP contribution in [-0.2, 0) is 6.54 Å². The lowest BCUT2D eigenvalue weighted by Gasteiger charge is -2.34. The van der Waals surface area contributed by atoms with Gasteiger partial charge in [0, 0.05) is 24.3 Å². The van der Waals surface area contributed by atoms with Gasteiger partial charge >= 0.3 is 0 Å². The zero-order valence-electron chi connectivity index (χ0n) is 14.1. The Labute approximate surface area is 147 Å². The average molecular weight is 345 g/mol. The van der Waals surface area contributed by atoms with Gasteiger partial charge in [0.15, 0.2) is 5.11 Å². The van der Waals surface area contributed by atoms with Crippen molar-refractivity contribution in [2.45, 2.75) is 45.7 Å². The van der Waals surface area contributed by atoms with Gasteiger partial charge in [-0.15, -0.1) is 0 Å². The van der Waals surface area contributed by atoms with Gasteiger partial charge in [0.1, 0.15) is 11.6 Å². The Kier molecular flexibility index (Phi) is 5.30. The first-order valence-corrected chi connectivity index (χ1v) is 8.72. The summed E-state index contributed by atoms with van der Waals surface area (Å²) in [6.07, 6.45) is 5.34. The highest BCUT2D eigenvalue weighted by molar-refractivity contribution is 7.80. The molecule has 7 heteroatoms. The summed E-state index contributed by atoms with van der Waals surface area (Å²) in [5.74, 6) is 2.32. The predicted octanol–water partition coefficient (Wildman–Crippen LogP) is 3.24. The maximum absolute atomic E-state index is 5.32. The molecule has 0 saturated carbocycles. The number of thiocarbonyl (C=S) groups is 1. The molecule has 0 amide bonds. The minimum Gasteiger partial charge on any atom is -0.467 e. The first-order chi connectivity index (χ1) is 11.6. The van der Waals surface area contributed by atoms with Crippen LogP contribution in [0, 0.1) is 6.92 Å². The molecule has 0 bridgehead atoms. The van der Waals surface area contributed by atoms with Crippen LogP contribution >= 0.6 is 12.2 Å². The van der Waals surface area contributed by atoms with E-state index in [9.17, 15) is 0 Å². The molecule has 3 rings (SSSR count). The van der Waals surface area contributed by atoms with Crippen molar-refractivity contribution in [3.05, 3.63) is 35.9 Å². The Morgan fingerprint density at radius 3 is 3.04 bits per heavy atom. The van der Waals surface area contributed by atoms with E-state index in [1.807, 2.05) is 25.1 Å². The first-order valence-electron chi connectivity index (χ1n) is 8.31. The number of hydrogen-bond acceptors (Lipinski definition) is 5. The summed E-state index contributed by atoms with van der Waals surface area (Å²) >= 11 is 5.32. The molecule has 0 spiro atoms. The smallest absolute Gasteiger partial charge is 0.231 e. The van der Waals surface area contributed by atoms with Gasteiger partial charge in [0.05, 0.1) is 12.8 Å². The van der Waals surface area contributed by atoms with Gasteiger partial charge in [-0.3, -0.25) is 0 Å². The fourth-order valence-electron chi connectivity index (χ4n) is 2.92. The van der Waals surface area contributed by atoms with Crippen molar-refractivity contribution in [2.24, 2.45) is 0 Å². The molecule has 128 valence electrons. The molecule has 3 heterocycles. The van der Waals surface area contributed by atoms with Crippen LogP contribution in [0.4, 0.5) is 11.8 Å². The number of furan rings is 1. The Bertz CT molecular complexity index is 688. The molecule has 0 aliphatic carbocycles. The number of hydrogen-bond donors (Lipinski definition) is 2. The molecule has 24 heavy (non-hydrogen) atoms. The molecule has 2 N–H and O–H groups in total. The Morgan fingerprint density at radius 2 is 2.29 bits per heavy atom. The lowest BCUT2D eigenvalue weighted by Crippen LogP contribution is -2.38. The molecule has 1 saturated heterocycles. The van der Waals surface area contributed by atoms with E-state index in [4.69, 9.17) is 16.6 Å². The van der Waals surface area contributed by atoms with E-state index < -0.39 is 0 Å². The number of aryl methyl sites for hydroxylation is 1. The normalized spacial score (nSPS) is 17.6. The van der Waals surface area contributed by atoms with Crippen molar-refractivity contribution in [2.75, 3.05) is 16.8 Å². The van der Waals surface area contributed by atoms with Crippen molar-refractivity contribution in [3.8, 4) is 0 Å². The van der Waals surface area contributed by atoms with Crippen molar-refractivity contribution >= 4 is 29.1 Å². The number of nitrogens with one attached hydrogen (secondary N) is 2. The van der Waals surface area contributed by atoms with Crippen molar-refractivity contribution in [3.63, 3.8) is 0 Å². The van der Waals surface area contributed by atoms with Crippen molar-refractivity contribution in [1.82, 2.24) is 15.3 Å². The van der Waals surface area contributed by atoms with Crippen LogP contribution in [0.25, 0.3) is 0 Å². The molecular formula is C17H23N5OS. The summed E-state index contributed by atoms with van der Waals surface area (Å²) in [7, 11) is 0. The largest absolute Gasteiger partial charge is 0.467 e. The van der Waals surface area contributed by atoms with E-state index in [0.29, 0.717) is 23.6 Å². The van der Waals surface area contributed by atoms with E-state index in [2.05, 4.69) is 32.4 Å². The van der Waals surface area contributed by atoms with Crippen LogP contribution in [0.3, 0.4) is 0 Å². The van der Waals surface area contributed by atoms with Crippen molar-refractivity contribution < 1.29 is 4.42 Å². The topological polar surface area (TPSA) is 66.2 Å². The zero-order valence-corrected chi connectivity index (χ0v) is 14.9. The van der Waals surface area contributed by atoms with Gasteiger partial charge < -0.3 is 20.0 Å². The first kappa shape index (κ1) is 16.7. The molecule has 1 fully saturated rings. The molecule has 0 aromatic carbocycles. The third kappa shape index (κ3) is 4.23. The Hall–Kier alpha value is -2.15. The highest BCUT2D eigenvalue weighted by Crippen LogP contribution is 2.24. The Morgan fingerprint density at radius 1 is 1.42 bits per heavy atom. The quantitative estimate of drug-likeness (QED) is 0.825. The lowest BCUT2D eigenvalue weighted by atomic mass is 10.0. The minimum absolute atomic E-state index is 0.481. The fourth-order valence-corrected chi connectivity index (χ4v) is 3.08. The number of piperidine rings is 1. The number of nitrogens with zero attached hydrogens (tertiary/aromatic N) is 3. The second-order valence-electron chi connectivity index (χ2n) is 6.12. The summed E-state index contributed by atoms with van der Waals surface area (Å²) in [5, 5.41) is 6.64. The number of anilines is 2. The molecule has 0 radical (unpaired) electrons. The molecule has 0 unspecified atom stereocenters. The van der Waals surface area contributed by atoms with E-state index in [1.165, 1.54) is 19.3 Å². The third-order valence-corrected chi connectivity index (χ3v) is 4.41. The summed E-state index contributed by atoms with van der Waals surface area (Å²) in [4.78, 5) is 11.4. The highest BCUT2D eigenvalue weighted by atomic mass is 32.1. The molecule has 1 aliphatic heterocycles. The fraction of sp³-hybridized carbons (Fsp3) is 0.471. The van der Waals surface area contributed by atoms with Crippen LogP contribution in [0.1, 0.15) is 37.6 Å². The van der Waals surface area contributed by atoms with Gasteiger partial charge in [-0.2, -0.15) is 4.98 Å². The lowest BCUT2D eigenvalue weighted by molar-refractivity contribution is 0.481. The second-order valence-corrected chi connectivity index (χ2v) is 6.52. The third-order valence-electron chi connectivity index (χ3n) is 4.17. The maximum Gasteiger partial charge on any atom is 0.231 e. The zero-order chi connectivity index (χ0) is 16.9. The van der Waals surface area contributed by atoms with Crippen LogP contribution in [-0.4, -0.2) is 27.7 Å². The molecule has 2 aromatic rings. The van der Waals surface area contributed by atoms with Crippen LogP contribution in [0.5, 0.6) is 0 Å². The Balaban J connectivity index is 1.65. The monoisotopic (exact) mass is 345 g/mol. The van der Waals surface area contributed by atoms with Crippen LogP contribution < -0.4 is 15.5 Å². The van der Waals surface area contributed by atoms with E-state index in [1.54, 1.807) is 6.26 Å². The highest BCUT2D eigenvalue weighted by Gasteiger charge is 2.20. The summed E-state index contributed by atoms with van der Waals surface area (Å²) in [6, 6.07) is 6.29. The van der Waals surface area contributed by atoms with E-state index >= 15 is 0 Å². The van der Waals surface area contributed by atoms with E-state index in [-0.39, 0.29) is 0 Å². The minimum atomic E-state index is 0.481. The van der Waals surface area contributed by atoms with Gasteiger partial charge in [0.25, 0.3) is 0 Å². The SMILES string of the molecule is Cc1cc(N2CCCC[C@H]2C)nc(NC(=S)NCc2ccco2)n1. The molecule has 2 aromatic heterocycles. The van der Waals surface area contributed by atoms with Crippen LogP contribution in [0.2, 0.25) is 0 Å². The molecule has 1 aliphatic rings. The maximum atomic E-state index is 5.32. The number of rotatable bonds is 4. The van der Waals surface area contributed by atoms with Crippen LogP contribution in [0.15, 0.2) is 28.9 Å². The molecular weight excluding hydrogens is 322 g/mol. The van der Waals surface area contributed by atoms with Gasteiger partial charge in [-0.25, -0.2) is 4.98 Å². The van der Waals surface area contributed by atoms with E-state index in [0.717, 1.165) is 23.8 Å². The number of aromatic nitrogens is 2. The summed E-state index contributed by atoms with van der Waals surface area (Å²) < 4.78 is 5.28. The van der Waals surface area contributed by atoms with Gasteiger partial charge in [-0.1, -0.05) is 0 Å². The second kappa shape index (κ2) is 7.61. The van der Waals surface area contributed by atoms with Crippen molar-refractivity contribution in [1.29, 1.82) is 0 Å². The summed E-state index contributed by atoms with van der Waals surface area (Å²) in [6.45, 7) is 5.79. The van der Waals surface area contributed by atoms with Gasteiger partial charge in [-0.05, 0) is 57.5 Å². The standard InChI is InChI=1S/C17H23N5OS/c1-12-10-15(22-8-4-3-6-13(22)2)20-16(19-12)21-17(24)18-11-14-7-5-9-23-14/h5,7,9-10,13H,3-4,6,8,11H2,1-2H3,(H2,18,19,20,21,24)/t13-/m1/s1. The molecule has 6 nitrogen and oxygen atoms in total. The summed E-state index contributed by atoms with van der Waals surface area (Å²) in [5.41, 5.74) is 0.925. The average Bonchev–Trinajstić information content (AvgIpc) is 3.06. The predicted molar refractivity (Wildman–Crippen MR) is 99.2 cm³/mol. The molecule has 1 atom stereocenters. The van der Waals surface area contributed by atoms with Gasteiger partial charge in [0.2, 0.25) is 5.95 Å².